The molecule has 3 heteroatoms. The first kappa shape index (κ1) is 13.9. The van der Waals surface area contributed by atoms with Crippen LogP contribution in [0.2, 0.25) is 0 Å². The molecular weight excluding hydrogens is 198 g/mol. The lowest BCUT2D eigenvalue weighted by atomic mass is 9.84. The van der Waals surface area contributed by atoms with Gasteiger partial charge in [0.1, 0.15) is 0 Å². The van der Waals surface area contributed by atoms with Crippen LogP contribution in [0, 0.1) is 5.92 Å². The van der Waals surface area contributed by atoms with Gasteiger partial charge in [-0.1, -0.05) is 12.8 Å². The number of hydrogen-bond acceptors (Lipinski definition) is 3. The fourth-order valence-electron chi connectivity index (χ4n) is 2.60. The first-order valence-corrected chi connectivity index (χ1v) is 6.82. The molecule has 1 rings (SSSR count). The van der Waals surface area contributed by atoms with Crippen LogP contribution in [0.15, 0.2) is 0 Å². The van der Waals surface area contributed by atoms with E-state index in [1.54, 1.807) is 0 Å². The molecule has 2 atom stereocenters. The van der Waals surface area contributed by atoms with Crippen LogP contribution in [-0.4, -0.2) is 44.7 Å². The Morgan fingerprint density at radius 2 is 1.94 bits per heavy atom. The number of nitrogens with zero attached hydrogens (tertiary/aromatic N) is 1. The third kappa shape index (κ3) is 5.28. The smallest absolute Gasteiger partial charge is 0.0107 e. The van der Waals surface area contributed by atoms with Crippen LogP contribution >= 0.6 is 0 Å². The van der Waals surface area contributed by atoms with Gasteiger partial charge < -0.3 is 16.0 Å². The lowest BCUT2D eigenvalue weighted by Gasteiger charge is -2.31. The standard InChI is InChI=1S/C13H29N3/c1-16(2)10-6-5-9-15-13-8-4-3-7-12(13)11-14/h12-13,15H,3-11,14H2,1-2H3. The lowest BCUT2D eigenvalue weighted by molar-refractivity contribution is 0.266. The van der Waals surface area contributed by atoms with Gasteiger partial charge in [-0.15, -0.1) is 0 Å². The predicted molar refractivity (Wildman–Crippen MR) is 70.6 cm³/mol. The molecule has 0 aromatic heterocycles. The maximum atomic E-state index is 5.82. The fourth-order valence-corrected chi connectivity index (χ4v) is 2.60. The molecule has 1 fully saturated rings. The van der Waals surface area contributed by atoms with Gasteiger partial charge in [0.25, 0.3) is 0 Å². The number of hydrogen-bond donors (Lipinski definition) is 2. The zero-order valence-corrected chi connectivity index (χ0v) is 11.0. The molecule has 0 radical (unpaired) electrons. The van der Waals surface area contributed by atoms with Crippen LogP contribution in [0.25, 0.3) is 0 Å². The van der Waals surface area contributed by atoms with Crippen molar-refractivity contribution in [3.8, 4) is 0 Å². The SMILES string of the molecule is CN(C)CCCCNC1CCCCC1CN. The molecule has 3 nitrogen and oxygen atoms in total. The van der Waals surface area contributed by atoms with Crippen LogP contribution in [0.3, 0.4) is 0 Å². The van der Waals surface area contributed by atoms with E-state index in [0.717, 1.165) is 19.0 Å². The molecule has 16 heavy (non-hydrogen) atoms. The zero-order chi connectivity index (χ0) is 11.8. The van der Waals surface area contributed by atoms with Crippen molar-refractivity contribution in [3.63, 3.8) is 0 Å². The van der Waals surface area contributed by atoms with Gasteiger partial charge >= 0.3 is 0 Å². The van der Waals surface area contributed by atoms with Crippen LogP contribution in [0.5, 0.6) is 0 Å². The van der Waals surface area contributed by atoms with Gasteiger partial charge in [0, 0.05) is 6.04 Å². The Balaban J connectivity index is 2.06. The van der Waals surface area contributed by atoms with Gasteiger partial charge in [-0.2, -0.15) is 0 Å². The molecule has 0 aromatic carbocycles. The molecule has 3 N–H and O–H groups in total. The van der Waals surface area contributed by atoms with Crippen LogP contribution in [-0.2, 0) is 0 Å². The van der Waals surface area contributed by atoms with E-state index in [0.29, 0.717) is 6.04 Å². The highest BCUT2D eigenvalue weighted by Gasteiger charge is 2.22. The maximum Gasteiger partial charge on any atom is 0.0107 e. The van der Waals surface area contributed by atoms with E-state index in [1.165, 1.54) is 45.1 Å². The Morgan fingerprint density at radius 1 is 1.19 bits per heavy atom. The predicted octanol–water partition coefficient (Wildman–Crippen LogP) is 1.44. The van der Waals surface area contributed by atoms with Crippen LogP contribution in [0.4, 0.5) is 0 Å². The highest BCUT2D eigenvalue weighted by molar-refractivity contribution is 4.81. The lowest BCUT2D eigenvalue weighted by Crippen LogP contribution is -2.42. The number of nitrogens with two attached hydrogens (primary N) is 1. The van der Waals surface area contributed by atoms with Crippen LogP contribution < -0.4 is 11.1 Å². The van der Waals surface area contributed by atoms with Crippen molar-refractivity contribution in [3.05, 3.63) is 0 Å². The second kappa shape index (κ2) is 8.04. The Bertz CT molecular complexity index is 171. The molecule has 0 spiro atoms. The largest absolute Gasteiger partial charge is 0.330 e. The molecule has 96 valence electrons. The van der Waals surface area contributed by atoms with E-state index in [1.807, 2.05) is 0 Å². The number of unbranched alkanes of at least 4 members (excludes halogenated alkanes) is 1. The fraction of sp³-hybridized carbons (Fsp3) is 1.00. The van der Waals surface area contributed by atoms with E-state index >= 15 is 0 Å². The molecule has 1 aliphatic rings. The quantitative estimate of drug-likeness (QED) is 0.647. The normalized spacial score (nSPS) is 26.2. The van der Waals surface area contributed by atoms with Crippen molar-refractivity contribution in [2.24, 2.45) is 11.7 Å². The van der Waals surface area contributed by atoms with Crippen molar-refractivity contribution in [2.75, 3.05) is 33.7 Å². The molecule has 1 aliphatic carbocycles. The summed E-state index contributed by atoms with van der Waals surface area (Å²) in [5, 5.41) is 3.70. The minimum absolute atomic E-state index is 0.693. The summed E-state index contributed by atoms with van der Waals surface area (Å²) in [5.74, 6) is 0.725. The number of nitrogens with one attached hydrogen (secondary N) is 1. The summed E-state index contributed by atoms with van der Waals surface area (Å²) in [6.07, 6.45) is 7.99. The Labute approximate surface area is 101 Å². The first-order chi connectivity index (χ1) is 7.74. The van der Waals surface area contributed by atoms with Gasteiger partial charge in [0.05, 0.1) is 0 Å². The molecule has 0 aromatic rings. The summed E-state index contributed by atoms with van der Waals surface area (Å²) >= 11 is 0. The molecule has 1 saturated carbocycles. The number of rotatable bonds is 7. The third-order valence-electron chi connectivity index (χ3n) is 3.65. The molecule has 0 heterocycles. The highest BCUT2D eigenvalue weighted by Crippen LogP contribution is 2.23. The van der Waals surface area contributed by atoms with E-state index < -0.39 is 0 Å². The van der Waals surface area contributed by atoms with Gasteiger partial charge in [-0.25, -0.2) is 0 Å². The van der Waals surface area contributed by atoms with Gasteiger partial charge in [-0.05, 0) is 65.3 Å². The van der Waals surface area contributed by atoms with Crippen molar-refractivity contribution in [1.29, 1.82) is 0 Å². The van der Waals surface area contributed by atoms with Crippen molar-refractivity contribution >= 4 is 0 Å². The summed E-state index contributed by atoms with van der Waals surface area (Å²) < 4.78 is 0. The van der Waals surface area contributed by atoms with E-state index in [2.05, 4.69) is 24.3 Å². The molecular formula is C13H29N3. The van der Waals surface area contributed by atoms with Crippen LogP contribution in [0.1, 0.15) is 38.5 Å². The topological polar surface area (TPSA) is 41.3 Å². The van der Waals surface area contributed by atoms with Crippen molar-refractivity contribution in [1.82, 2.24) is 10.2 Å². The van der Waals surface area contributed by atoms with E-state index in [4.69, 9.17) is 5.73 Å². The Morgan fingerprint density at radius 3 is 2.62 bits per heavy atom. The van der Waals surface area contributed by atoms with Crippen molar-refractivity contribution in [2.45, 2.75) is 44.6 Å². The molecule has 0 aliphatic heterocycles. The Kier molecular flexibility index (Phi) is 7.01. The maximum absolute atomic E-state index is 5.82. The second-order valence-corrected chi connectivity index (χ2v) is 5.35. The summed E-state index contributed by atoms with van der Waals surface area (Å²) in [6, 6.07) is 0.693. The average Bonchev–Trinajstić information content (AvgIpc) is 2.29. The van der Waals surface area contributed by atoms with Gasteiger partial charge in [0.2, 0.25) is 0 Å². The van der Waals surface area contributed by atoms with Gasteiger partial charge in [0.15, 0.2) is 0 Å². The minimum atomic E-state index is 0.693. The third-order valence-corrected chi connectivity index (χ3v) is 3.65. The summed E-state index contributed by atoms with van der Waals surface area (Å²) in [4.78, 5) is 2.25. The summed E-state index contributed by atoms with van der Waals surface area (Å²) in [7, 11) is 4.28. The van der Waals surface area contributed by atoms with E-state index in [9.17, 15) is 0 Å². The van der Waals surface area contributed by atoms with E-state index in [-0.39, 0.29) is 0 Å². The average molecular weight is 227 g/mol. The zero-order valence-electron chi connectivity index (χ0n) is 11.0. The molecule has 0 bridgehead atoms. The molecule has 0 amide bonds. The molecule has 0 saturated heterocycles. The highest BCUT2D eigenvalue weighted by atomic mass is 15.0. The van der Waals surface area contributed by atoms with Crippen molar-refractivity contribution < 1.29 is 0 Å². The molecule has 2 unspecified atom stereocenters. The summed E-state index contributed by atoms with van der Waals surface area (Å²) in [5.41, 5.74) is 5.82. The first-order valence-electron chi connectivity index (χ1n) is 6.82. The minimum Gasteiger partial charge on any atom is -0.330 e. The summed E-state index contributed by atoms with van der Waals surface area (Å²) in [6.45, 7) is 3.22. The Hall–Kier alpha value is -0.120. The monoisotopic (exact) mass is 227 g/mol. The second-order valence-electron chi connectivity index (χ2n) is 5.35. The van der Waals surface area contributed by atoms with Gasteiger partial charge in [-0.3, -0.25) is 0 Å².